The summed E-state index contributed by atoms with van der Waals surface area (Å²) in [5, 5.41) is 1.27. The Labute approximate surface area is 90.1 Å². The summed E-state index contributed by atoms with van der Waals surface area (Å²) in [5.41, 5.74) is 2.20. The van der Waals surface area contributed by atoms with E-state index in [0.29, 0.717) is 13.1 Å². The van der Waals surface area contributed by atoms with Gasteiger partial charge in [0.2, 0.25) is 10.0 Å². The lowest BCUT2D eigenvalue weighted by molar-refractivity contribution is 0.455. The number of sulfonamides is 1. The summed E-state index contributed by atoms with van der Waals surface area (Å²) in [5.74, 6) is 0. The third-order valence-corrected chi connectivity index (χ3v) is 3.95. The van der Waals surface area contributed by atoms with E-state index >= 15 is 0 Å². The fourth-order valence-electron chi connectivity index (χ4n) is 1.52. The van der Waals surface area contributed by atoms with Gasteiger partial charge in [-0.2, -0.15) is 4.31 Å². The molecule has 1 heterocycles. The van der Waals surface area contributed by atoms with Crippen LogP contribution < -0.4 is 0 Å². The Balaban J connectivity index is 2.14. The van der Waals surface area contributed by atoms with Crippen molar-refractivity contribution >= 4 is 10.0 Å². The Morgan fingerprint density at radius 3 is 2.47 bits per heavy atom. The lowest BCUT2D eigenvalue weighted by Crippen LogP contribution is -2.24. The van der Waals surface area contributed by atoms with Gasteiger partial charge in [-0.3, -0.25) is 0 Å². The number of rotatable bonds is 2. The highest BCUT2D eigenvalue weighted by Crippen LogP contribution is 2.15. The smallest absolute Gasteiger partial charge is 0.207 e. The second kappa shape index (κ2) is 3.79. The zero-order chi connectivity index (χ0) is 10.9. The molecule has 0 spiro atoms. The van der Waals surface area contributed by atoms with Crippen molar-refractivity contribution in [2.24, 2.45) is 0 Å². The first-order valence-corrected chi connectivity index (χ1v) is 6.30. The van der Waals surface area contributed by atoms with Crippen molar-refractivity contribution in [3.63, 3.8) is 0 Å². The molecule has 80 valence electrons. The van der Waals surface area contributed by atoms with Gasteiger partial charge in [0.1, 0.15) is 0 Å². The summed E-state index contributed by atoms with van der Waals surface area (Å²) in [4.78, 5) is 0. The lowest BCUT2D eigenvalue weighted by atomic mass is 10.1. The molecule has 3 nitrogen and oxygen atoms in total. The molecular formula is C11H13NO2S. The first kappa shape index (κ1) is 10.4. The minimum Gasteiger partial charge on any atom is -0.207 e. The molecule has 0 aromatic heterocycles. The van der Waals surface area contributed by atoms with Crippen LogP contribution in [-0.2, 0) is 16.6 Å². The average molecular weight is 223 g/mol. The van der Waals surface area contributed by atoms with Crippen molar-refractivity contribution in [1.82, 2.24) is 4.31 Å². The van der Waals surface area contributed by atoms with E-state index in [1.165, 1.54) is 15.3 Å². The van der Waals surface area contributed by atoms with E-state index in [9.17, 15) is 8.42 Å². The largest absolute Gasteiger partial charge is 0.236 e. The summed E-state index contributed by atoms with van der Waals surface area (Å²) in [6.45, 7) is 2.95. The second-order valence-corrected chi connectivity index (χ2v) is 5.51. The summed E-state index contributed by atoms with van der Waals surface area (Å²) >= 11 is 0. The van der Waals surface area contributed by atoms with Crippen molar-refractivity contribution in [2.75, 3.05) is 6.54 Å². The molecule has 0 amide bonds. The van der Waals surface area contributed by atoms with Crippen LogP contribution in [0, 0.1) is 6.92 Å². The third-order valence-electron chi connectivity index (χ3n) is 2.42. The van der Waals surface area contributed by atoms with Gasteiger partial charge >= 0.3 is 0 Å². The predicted molar refractivity (Wildman–Crippen MR) is 59.6 cm³/mol. The third kappa shape index (κ3) is 2.27. The normalized spacial score (nSPS) is 19.5. The predicted octanol–water partition coefficient (Wildman–Crippen LogP) is 1.65. The molecule has 2 rings (SSSR count). The minimum absolute atomic E-state index is 0.454. The van der Waals surface area contributed by atoms with Gasteiger partial charge in [-0.25, -0.2) is 8.42 Å². The zero-order valence-electron chi connectivity index (χ0n) is 8.55. The topological polar surface area (TPSA) is 37.4 Å². The van der Waals surface area contributed by atoms with Crippen molar-refractivity contribution in [1.29, 1.82) is 0 Å². The summed E-state index contributed by atoms with van der Waals surface area (Å²) in [6, 6.07) is 7.91. The Kier molecular flexibility index (Phi) is 2.63. The molecule has 0 radical (unpaired) electrons. The van der Waals surface area contributed by atoms with Gasteiger partial charge in [-0.05, 0) is 12.5 Å². The average Bonchev–Trinajstić information content (AvgIpc) is 2.50. The van der Waals surface area contributed by atoms with E-state index in [0.717, 1.165) is 5.56 Å². The van der Waals surface area contributed by atoms with Crippen LogP contribution in [-0.4, -0.2) is 19.3 Å². The molecule has 0 saturated heterocycles. The number of benzene rings is 1. The van der Waals surface area contributed by atoms with Gasteiger partial charge in [-0.15, -0.1) is 0 Å². The first-order chi connectivity index (χ1) is 7.08. The van der Waals surface area contributed by atoms with Gasteiger partial charge in [0.25, 0.3) is 0 Å². The van der Waals surface area contributed by atoms with Crippen LogP contribution in [0.3, 0.4) is 0 Å². The molecule has 0 N–H and O–H groups in total. The van der Waals surface area contributed by atoms with Gasteiger partial charge in [0, 0.05) is 18.5 Å². The molecule has 0 bridgehead atoms. The quantitative estimate of drug-likeness (QED) is 0.764. The molecule has 1 aromatic carbocycles. The maximum absolute atomic E-state index is 11.5. The zero-order valence-corrected chi connectivity index (χ0v) is 9.37. The molecule has 0 unspecified atom stereocenters. The fraction of sp³-hybridized carbons (Fsp3) is 0.273. The van der Waals surface area contributed by atoms with Gasteiger partial charge < -0.3 is 0 Å². The molecule has 0 saturated carbocycles. The fourth-order valence-corrected chi connectivity index (χ4v) is 2.65. The van der Waals surface area contributed by atoms with Crippen LogP contribution in [0.25, 0.3) is 0 Å². The van der Waals surface area contributed by atoms with Crippen LogP contribution in [0.4, 0.5) is 0 Å². The number of hydrogen-bond donors (Lipinski definition) is 0. The Bertz CT molecular complexity index is 474. The Morgan fingerprint density at radius 1 is 1.27 bits per heavy atom. The van der Waals surface area contributed by atoms with Crippen LogP contribution in [0.1, 0.15) is 11.1 Å². The van der Waals surface area contributed by atoms with E-state index in [1.807, 2.05) is 31.2 Å². The summed E-state index contributed by atoms with van der Waals surface area (Å²) < 4.78 is 24.4. The van der Waals surface area contributed by atoms with E-state index in [1.54, 1.807) is 6.08 Å². The Morgan fingerprint density at radius 2 is 1.93 bits per heavy atom. The lowest BCUT2D eigenvalue weighted by Gasteiger charge is -2.14. The molecule has 0 fully saturated rings. The van der Waals surface area contributed by atoms with Crippen molar-refractivity contribution in [3.8, 4) is 0 Å². The maximum Gasteiger partial charge on any atom is 0.236 e. The highest BCUT2D eigenvalue weighted by molar-refractivity contribution is 7.92. The highest BCUT2D eigenvalue weighted by Gasteiger charge is 2.22. The number of nitrogens with zero attached hydrogens (tertiary/aromatic N) is 1. The van der Waals surface area contributed by atoms with E-state index in [2.05, 4.69) is 0 Å². The Hall–Kier alpha value is -1.13. The van der Waals surface area contributed by atoms with Crippen LogP contribution in [0.2, 0.25) is 0 Å². The molecule has 1 aliphatic heterocycles. The molecule has 15 heavy (non-hydrogen) atoms. The standard InChI is InChI=1S/C11H13NO2S/c1-10-3-5-11(6-4-10)9-12-7-2-8-15(12,13)14/h2-6,8H,7,9H2,1H3. The van der Waals surface area contributed by atoms with Gasteiger partial charge in [-0.1, -0.05) is 35.9 Å². The minimum atomic E-state index is -3.14. The first-order valence-electron chi connectivity index (χ1n) is 4.80. The highest BCUT2D eigenvalue weighted by atomic mass is 32.2. The van der Waals surface area contributed by atoms with Crippen LogP contribution >= 0.6 is 0 Å². The molecule has 1 aromatic rings. The molecule has 4 heteroatoms. The van der Waals surface area contributed by atoms with Gasteiger partial charge in [0.05, 0.1) is 0 Å². The van der Waals surface area contributed by atoms with E-state index in [4.69, 9.17) is 0 Å². The second-order valence-electron chi connectivity index (χ2n) is 3.69. The monoisotopic (exact) mass is 223 g/mol. The SMILES string of the molecule is Cc1ccc(CN2CC=CS2(=O)=O)cc1. The molecular weight excluding hydrogens is 210 g/mol. The van der Waals surface area contributed by atoms with Crippen LogP contribution in [0.15, 0.2) is 35.7 Å². The van der Waals surface area contributed by atoms with Crippen LogP contribution in [0.5, 0.6) is 0 Å². The summed E-state index contributed by atoms with van der Waals surface area (Å²) in [7, 11) is -3.14. The maximum atomic E-state index is 11.5. The number of aryl methyl sites for hydroxylation is 1. The van der Waals surface area contributed by atoms with E-state index < -0.39 is 10.0 Å². The molecule has 0 atom stereocenters. The van der Waals surface area contributed by atoms with Gasteiger partial charge in [0.15, 0.2) is 0 Å². The summed E-state index contributed by atoms with van der Waals surface area (Å²) in [6.07, 6.45) is 1.67. The van der Waals surface area contributed by atoms with E-state index in [-0.39, 0.29) is 0 Å². The number of hydrogen-bond acceptors (Lipinski definition) is 2. The molecule has 0 aliphatic carbocycles. The van der Waals surface area contributed by atoms with Crippen molar-refractivity contribution < 1.29 is 8.42 Å². The van der Waals surface area contributed by atoms with Crippen molar-refractivity contribution in [3.05, 3.63) is 46.9 Å². The molecule has 1 aliphatic rings. The van der Waals surface area contributed by atoms with Crippen molar-refractivity contribution in [2.45, 2.75) is 13.5 Å².